The van der Waals surface area contributed by atoms with Crippen LogP contribution < -0.4 is 5.76 Å². The van der Waals surface area contributed by atoms with Gasteiger partial charge in [0, 0.05) is 16.6 Å². The van der Waals surface area contributed by atoms with E-state index in [1.165, 1.54) is 0 Å². The lowest BCUT2D eigenvalue weighted by Crippen LogP contribution is -2.19. The average molecular weight is 253 g/mol. The van der Waals surface area contributed by atoms with Gasteiger partial charge >= 0.3 is 5.76 Å². The smallest absolute Gasteiger partial charge is 0.392 e. The summed E-state index contributed by atoms with van der Waals surface area (Å²) in [5, 5.41) is 3.89. The fraction of sp³-hybridized carbons (Fsp3) is 0.714. The van der Waals surface area contributed by atoms with Gasteiger partial charge in [-0.1, -0.05) is 0 Å². The highest BCUT2D eigenvalue weighted by molar-refractivity contribution is 8.13. The van der Waals surface area contributed by atoms with Crippen LogP contribution in [-0.4, -0.2) is 24.0 Å². The molecule has 1 heterocycles. The normalized spacial score (nSPS) is 16.9. The number of hydrogen-bond donors (Lipinski definition) is 0. The molecule has 6 nitrogen and oxygen atoms in total. The van der Waals surface area contributed by atoms with E-state index in [4.69, 9.17) is 15.1 Å². The van der Waals surface area contributed by atoms with Gasteiger partial charge in [0.1, 0.15) is 0 Å². The van der Waals surface area contributed by atoms with E-state index in [1.807, 2.05) is 0 Å². The van der Waals surface area contributed by atoms with Crippen LogP contribution in [0.4, 0.5) is 0 Å². The molecule has 0 spiro atoms. The van der Waals surface area contributed by atoms with Crippen molar-refractivity contribution in [3.05, 3.63) is 16.4 Å². The molecule has 0 bridgehead atoms. The number of aryl methyl sites for hydroxylation is 1. The van der Waals surface area contributed by atoms with Crippen molar-refractivity contribution in [2.75, 3.05) is 5.75 Å². The maximum absolute atomic E-state index is 11.2. The standard InChI is InChI=1S/C7H9ClN2O4S/c8-15(12,13)4-3-10-7(11)14-6(9-10)5-1-2-5/h5H,1-4H2. The van der Waals surface area contributed by atoms with Crippen LogP contribution in [0, 0.1) is 0 Å². The first-order valence-corrected chi connectivity index (χ1v) is 6.94. The zero-order valence-electron chi connectivity index (χ0n) is 7.72. The first-order chi connectivity index (χ1) is 6.96. The minimum atomic E-state index is -3.60. The van der Waals surface area contributed by atoms with Crippen molar-refractivity contribution in [1.29, 1.82) is 0 Å². The SMILES string of the molecule is O=c1oc(C2CC2)nn1CCS(=O)(=O)Cl. The molecule has 1 aliphatic carbocycles. The van der Waals surface area contributed by atoms with Crippen molar-refractivity contribution in [1.82, 2.24) is 9.78 Å². The summed E-state index contributed by atoms with van der Waals surface area (Å²) in [5.74, 6) is -0.332. The Morgan fingerprint density at radius 2 is 2.20 bits per heavy atom. The lowest BCUT2D eigenvalue weighted by molar-refractivity contribution is 0.449. The van der Waals surface area contributed by atoms with Crippen molar-refractivity contribution < 1.29 is 12.8 Å². The molecule has 15 heavy (non-hydrogen) atoms. The summed E-state index contributed by atoms with van der Waals surface area (Å²) >= 11 is 0. The molecule has 0 amide bonds. The summed E-state index contributed by atoms with van der Waals surface area (Å²) in [6.45, 7) is -0.0686. The monoisotopic (exact) mass is 252 g/mol. The minimum Gasteiger partial charge on any atom is -0.392 e. The fourth-order valence-electron chi connectivity index (χ4n) is 1.15. The van der Waals surface area contributed by atoms with Crippen molar-refractivity contribution in [3.63, 3.8) is 0 Å². The zero-order chi connectivity index (χ0) is 11.1. The van der Waals surface area contributed by atoms with Gasteiger partial charge in [-0.15, -0.1) is 5.10 Å². The maximum atomic E-state index is 11.2. The van der Waals surface area contributed by atoms with E-state index in [9.17, 15) is 13.2 Å². The molecule has 0 saturated heterocycles. The van der Waals surface area contributed by atoms with Crippen molar-refractivity contribution in [2.45, 2.75) is 25.3 Å². The Labute approximate surface area is 90.3 Å². The lowest BCUT2D eigenvalue weighted by Gasteiger charge is -1.94. The highest BCUT2D eigenvalue weighted by Crippen LogP contribution is 2.38. The van der Waals surface area contributed by atoms with Crippen molar-refractivity contribution in [3.8, 4) is 0 Å². The van der Waals surface area contributed by atoms with E-state index in [2.05, 4.69) is 5.10 Å². The predicted octanol–water partition coefficient (Wildman–Crippen LogP) is 0.282. The van der Waals surface area contributed by atoms with Crippen LogP contribution in [-0.2, 0) is 15.6 Å². The second kappa shape index (κ2) is 3.64. The van der Waals surface area contributed by atoms with E-state index < -0.39 is 14.8 Å². The number of aromatic nitrogens is 2. The Kier molecular flexibility index (Phi) is 2.59. The molecule has 2 rings (SSSR count). The van der Waals surface area contributed by atoms with Crippen LogP contribution in [0.2, 0.25) is 0 Å². The van der Waals surface area contributed by atoms with Crippen LogP contribution in [0.5, 0.6) is 0 Å². The molecule has 84 valence electrons. The van der Waals surface area contributed by atoms with E-state index in [0.717, 1.165) is 17.5 Å². The third-order valence-corrected chi connectivity index (χ3v) is 3.23. The average Bonchev–Trinajstić information content (AvgIpc) is 2.87. The lowest BCUT2D eigenvalue weighted by atomic mass is 10.4. The molecule has 0 atom stereocenters. The van der Waals surface area contributed by atoms with Gasteiger partial charge in [0.15, 0.2) is 0 Å². The quantitative estimate of drug-likeness (QED) is 0.719. The molecule has 0 aliphatic heterocycles. The largest absolute Gasteiger partial charge is 0.437 e. The number of hydrogen-bond acceptors (Lipinski definition) is 5. The Morgan fingerprint density at radius 1 is 1.53 bits per heavy atom. The van der Waals surface area contributed by atoms with Crippen LogP contribution in [0.1, 0.15) is 24.7 Å². The number of halogens is 1. The molecule has 0 N–H and O–H groups in total. The summed E-state index contributed by atoms with van der Waals surface area (Å²) in [5.41, 5.74) is 0. The first-order valence-electron chi connectivity index (χ1n) is 4.46. The highest BCUT2D eigenvalue weighted by atomic mass is 35.7. The molecule has 0 aromatic carbocycles. The van der Waals surface area contributed by atoms with Gasteiger partial charge in [-0.05, 0) is 12.8 Å². The Balaban J connectivity index is 2.11. The van der Waals surface area contributed by atoms with E-state index in [0.29, 0.717) is 5.89 Å². The summed E-state index contributed by atoms with van der Waals surface area (Å²) in [6, 6.07) is 0. The molecule has 0 unspecified atom stereocenters. The van der Waals surface area contributed by atoms with Crippen LogP contribution >= 0.6 is 10.7 Å². The maximum Gasteiger partial charge on any atom is 0.437 e. The van der Waals surface area contributed by atoms with E-state index >= 15 is 0 Å². The van der Waals surface area contributed by atoms with Crippen molar-refractivity contribution >= 4 is 19.7 Å². The predicted molar refractivity (Wildman–Crippen MR) is 52.4 cm³/mol. The molecule has 1 aliphatic rings. The first kappa shape index (κ1) is 10.7. The molecule has 1 aromatic rings. The third-order valence-electron chi connectivity index (χ3n) is 2.10. The van der Waals surface area contributed by atoms with Crippen LogP contribution in [0.25, 0.3) is 0 Å². The molecule has 0 radical (unpaired) electrons. The molecule has 1 aromatic heterocycles. The topological polar surface area (TPSA) is 82.2 Å². The summed E-state index contributed by atoms with van der Waals surface area (Å²) in [7, 11) is 1.41. The molecule has 8 heteroatoms. The van der Waals surface area contributed by atoms with E-state index in [1.54, 1.807) is 0 Å². The zero-order valence-corrected chi connectivity index (χ0v) is 9.29. The Morgan fingerprint density at radius 3 is 2.73 bits per heavy atom. The van der Waals surface area contributed by atoms with Crippen LogP contribution in [0.3, 0.4) is 0 Å². The van der Waals surface area contributed by atoms with Gasteiger partial charge in [-0.2, -0.15) is 4.68 Å². The van der Waals surface area contributed by atoms with Gasteiger partial charge < -0.3 is 4.42 Å². The van der Waals surface area contributed by atoms with Gasteiger partial charge in [-0.25, -0.2) is 13.2 Å². The Bertz CT molecular complexity index is 513. The summed E-state index contributed by atoms with van der Waals surface area (Å²) in [6.07, 6.45) is 1.93. The van der Waals surface area contributed by atoms with E-state index in [-0.39, 0.29) is 18.2 Å². The molecule has 1 saturated carbocycles. The molecular weight excluding hydrogens is 244 g/mol. The van der Waals surface area contributed by atoms with Crippen molar-refractivity contribution in [2.24, 2.45) is 0 Å². The number of rotatable bonds is 4. The fourth-order valence-corrected chi connectivity index (χ4v) is 1.75. The molecular formula is C7H9ClN2O4S. The second-order valence-electron chi connectivity index (χ2n) is 3.45. The van der Waals surface area contributed by atoms with Gasteiger partial charge in [0.05, 0.1) is 12.3 Å². The number of nitrogens with zero attached hydrogens (tertiary/aromatic N) is 2. The third kappa shape index (κ3) is 2.82. The molecule has 1 fully saturated rings. The van der Waals surface area contributed by atoms with Crippen LogP contribution in [0.15, 0.2) is 9.21 Å². The van der Waals surface area contributed by atoms with Gasteiger partial charge in [0.2, 0.25) is 14.9 Å². The minimum absolute atomic E-state index is 0.0686. The summed E-state index contributed by atoms with van der Waals surface area (Å²) < 4.78 is 27.2. The second-order valence-corrected chi connectivity index (χ2v) is 6.34. The van der Waals surface area contributed by atoms with Gasteiger partial charge in [-0.3, -0.25) is 0 Å². The Hall–Kier alpha value is -0.820. The summed E-state index contributed by atoms with van der Waals surface area (Å²) in [4.78, 5) is 11.2. The van der Waals surface area contributed by atoms with Gasteiger partial charge in [0.25, 0.3) is 0 Å². The highest BCUT2D eigenvalue weighted by Gasteiger charge is 2.29.